The van der Waals surface area contributed by atoms with Crippen LogP contribution in [0.5, 0.6) is 5.75 Å². The zero-order valence-electron chi connectivity index (χ0n) is 11.2. The standard InChI is InChI=1S/C16H18FNO/c1-3-12-6-4-5-7-15(12)18-11(2)14-10-13(17)8-9-16(14)19/h4-11,18-19H,3H2,1-2H3. The summed E-state index contributed by atoms with van der Waals surface area (Å²) in [5.41, 5.74) is 2.78. The number of aromatic hydroxyl groups is 1. The number of hydrogen-bond donors (Lipinski definition) is 2. The van der Waals surface area contributed by atoms with Crippen molar-refractivity contribution < 1.29 is 9.50 Å². The summed E-state index contributed by atoms with van der Waals surface area (Å²) in [7, 11) is 0. The zero-order chi connectivity index (χ0) is 13.8. The summed E-state index contributed by atoms with van der Waals surface area (Å²) in [5, 5.41) is 13.1. The monoisotopic (exact) mass is 259 g/mol. The van der Waals surface area contributed by atoms with Crippen LogP contribution in [0, 0.1) is 5.82 Å². The number of phenolic OH excluding ortho intramolecular Hbond substituents is 1. The second kappa shape index (κ2) is 5.74. The average Bonchev–Trinajstić information content (AvgIpc) is 2.42. The third-order valence-corrected chi connectivity index (χ3v) is 3.23. The van der Waals surface area contributed by atoms with Crippen molar-refractivity contribution >= 4 is 5.69 Å². The van der Waals surface area contributed by atoms with Crippen LogP contribution in [0.15, 0.2) is 42.5 Å². The van der Waals surface area contributed by atoms with Crippen LogP contribution in [0.1, 0.15) is 31.0 Å². The highest BCUT2D eigenvalue weighted by molar-refractivity contribution is 5.53. The Morgan fingerprint density at radius 2 is 1.95 bits per heavy atom. The van der Waals surface area contributed by atoms with Crippen LogP contribution in [0.25, 0.3) is 0 Å². The molecule has 0 radical (unpaired) electrons. The van der Waals surface area contributed by atoms with E-state index in [4.69, 9.17) is 0 Å². The van der Waals surface area contributed by atoms with Crippen molar-refractivity contribution in [3.05, 3.63) is 59.4 Å². The second-order valence-corrected chi connectivity index (χ2v) is 4.58. The molecule has 2 nitrogen and oxygen atoms in total. The van der Waals surface area contributed by atoms with E-state index in [0.29, 0.717) is 5.56 Å². The van der Waals surface area contributed by atoms with Crippen LogP contribution < -0.4 is 5.32 Å². The molecular formula is C16H18FNO. The molecule has 2 aromatic carbocycles. The third kappa shape index (κ3) is 3.05. The summed E-state index contributed by atoms with van der Waals surface area (Å²) < 4.78 is 13.3. The van der Waals surface area contributed by atoms with Gasteiger partial charge in [-0.05, 0) is 43.2 Å². The van der Waals surface area contributed by atoms with Crippen LogP contribution >= 0.6 is 0 Å². The van der Waals surface area contributed by atoms with Crippen LogP contribution in [0.4, 0.5) is 10.1 Å². The third-order valence-electron chi connectivity index (χ3n) is 3.23. The molecule has 2 N–H and O–H groups in total. The Labute approximate surface area is 112 Å². The lowest BCUT2D eigenvalue weighted by Gasteiger charge is -2.19. The van der Waals surface area contributed by atoms with Gasteiger partial charge in [-0.15, -0.1) is 0 Å². The lowest BCUT2D eigenvalue weighted by Crippen LogP contribution is -2.08. The number of rotatable bonds is 4. The van der Waals surface area contributed by atoms with Crippen molar-refractivity contribution in [1.29, 1.82) is 0 Å². The van der Waals surface area contributed by atoms with Gasteiger partial charge in [0.25, 0.3) is 0 Å². The molecule has 0 aliphatic carbocycles. The van der Waals surface area contributed by atoms with Crippen LogP contribution in [-0.4, -0.2) is 5.11 Å². The van der Waals surface area contributed by atoms with E-state index in [2.05, 4.69) is 18.3 Å². The second-order valence-electron chi connectivity index (χ2n) is 4.58. The minimum atomic E-state index is -0.342. The quantitative estimate of drug-likeness (QED) is 0.859. The topological polar surface area (TPSA) is 32.3 Å². The summed E-state index contributed by atoms with van der Waals surface area (Å²) in [6, 6.07) is 11.8. The molecule has 0 heterocycles. The molecule has 0 saturated carbocycles. The van der Waals surface area contributed by atoms with Crippen LogP contribution in [-0.2, 0) is 6.42 Å². The van der Waals surface area contributed by atoms with Gasteiger partial charge in [-0.1, -0.05) is 25.1 Å². The van der Waals surface area contributed by atoms with E-state index in [1.54, 1.807) is 0 Å². The molecule has 3 heteroatoms. The Bertz CT molecular complexity index is 568. The highest BCUT2D eigenvalue weighted by atomic mass is 19.1. The molecule has 1 unspecified atom stereocenters. The Morgan fingerprint density at radius 3 is 2.68 bits per heavy atom. The summed E-state index contributed by atoms with van der Waals surface area (Å²) in [4.78, 5) is 0. The molecule has 0 bridgehead atoms. The lowest BCUT2D eigenvalue weighted by molar-refractivity contribution is 0.462. The van der Waals surface area contributed by atoms with Crippen molar-refractivity contribution in [2.45, 2.75) is 26.3 Å². The molecule has 0 aromatic heterocycles. The summed E-state index contributed by atoms with van der Waals surface area (Å²) in [6.07, 6.45) is 0.922. The highest BCUT2D eigenvalue weighted by Crippen LogP contribution is 2.28. The Kier molecular flexibility index (Phi) is 4.05. The number of aryl methyl sites for hydroxylation is 1. The van der Waals surface area contributed by atoms with E-state index in [0.717, 1.165) is 12.1 Å². The molecule has 0 aliphatic heterocycles. The first-order valence-electron chi connectivity index (χ1n) is 6.44. The van der Waals surface area contributed by atoms with Crippen molar-refractivity contribution in [2.75, 3.05) is 5.32 Å². The van der Waals surface area contributed by atoms with E-state index >= 15 is 0 Å². The SMILES string of the molecule is CCc1ccccc1NC(C)c1cc(F)ccc1O. The number of para-hydroxylation sites is 1. The first kappa shape index (κ1) is 13.4. The van der Waals surface area contributed by atoms with Gasteiger partial charge in [-0.2, -0.15) is 0 Å². The van der Waals surface area contributed by atoms with Gasteiger partial charge in [-0.25, -0.2) is 4.39 Å². The first-order chi connectivity index (χ1) is 9.11. The number of hydrogen-bond acceptors (Lipinski definition) is 2. The number of halogens is 1. The van der Waals surface area contributed by atoms with Crippen LogP contribution in [0.2, 0.25) is 0 Å². The number of anilines is 1. The fourth-order valence-electron chi connectivity index (χ4n) is 2.15. The van der Waals surface area contributed by atoms with Gasteiger partial charge in [-0.3, -0.25) is 0 Å². The average molecular weight is 259 g/mol. The van der Waals surface area contributed by atoms with Gasteiger partial charge in [0.15, 0.2) is 0 Å². The van der Waals surface area contributed by atoms with Crippen molar-refractivity contribution in [3.63, 3.8) is 0 Å². The van der Waals surface area contributed by atoms with Gasteiger partial charge >= 0.3 is 0 Å². The summed E-state index contributed by atoms with van der Waals surface area (Å²) in [5.74, 6) is -0.236. The Hall–Kier alpha value is -2.03. The Balaban J connectivity index is 2.25. The summed E-state index contributed by atoms with van der Waals surface area (Å²) >= 11 is 0. The van der Waals surface area contributed by atoms with Gasteiger partial charge in [0.2, 0.25) is 0 Å². The molecular weight excluding hydrogens is 241 g/mol. The maximum absolute atomic E-state index is 13.3. The van der Waals surface area contributed by atoms with Gasteiger partial charge < -0.3 is 10.4 Å². The minimum Gasteiger partial charge on any atom is -0.508 e. The number of phenols is 1. The van der Waals surface area contributed by atoms with E-state index in [1.165, 1.54) is 23.8 Å². The molecule has 0 fully saturated rings. The fraction of sp³-hybridized carbons (Fsp3) is 0.250. The maximum Gasteiger partial charge on any atom is 0.123 e. The van der Waals surface area contributed by atoms with Crippen molar-refractivity contribution in [1.82, 2.24) is 0 Å². The first-order valence-corrected chi connectivity index (χ1v) is 6.44. The van der Waals surface area contributed by atoms with E-state index in [-0.39, 0.29) is 17.6 Å². The predicted molar refractivity (Wildman–Crippen MR) is 75.9 cm³/mol. The largest absolute Gasteiger partial charge is 0.508 e. The molecule has 1 atom stereocenters. The fourth-order valence-corrected chi connectivity index (χ4v) is 2.15. The molecule has 2 rings (SSSR count). The lowest BCUT2D eigenvalue weighted by atomic mass is 10.0. The Morgan fingerprint density at radius 1 is 1.21 bits per heavy atom. The van der Waals surface area contributed by atoms with Gasteiger partial charge in [0.05, 0.1) is 6.04 Å². The molecule has 0 saturated heterocycles. The van der Waals surface area contributed by atoms with Crippen LogP contribution in [0.3, 0.4) is 0 Å². The van der Waals surface area contributed by atoms with Crippen molar-refractivity contribution in [2.24, 2.45) is 0 Å². The van der Waals surface area contributed by atoms with Gasteiger partial charge in [0.1, 0.15) is 11.6 Å². The minimum absolute atomic E-state index is 0.107. The normalized spacial score (nSPS) is 12.2. The molecule has 2 aromatic rings. The maximum atomic E-state index is 13.3. The number of nitrogens with one attached hydrogen (secondary N) is 1. The van der Waals surface area contributed by atoms with E-state index < -0.39 is 0 Å². The molecule has 0 aliphatic rings. The zero-order valence-corrected chi connectivity index (χ0v) is 11.2. The molecule has 19 heavy (non-hydrogen) atoms. The number of benzene rings is 2. The molecule has 0 spiro atoms. The van der Waals surface area contributed by atoms with Crippen molar-refractivity contribution in [3.8, 4) is 5.75 Å². The summed E-state index contributed by atoms with van der Waals surface area (Å²) in [6.45, 7) is 3.99. The van der Waals surface area contributed by atoms with Gasteiger partial charge in [0, 0.05) is 11.3 Å². The highest BCUT2D eigenvalue weighted by Gasteiger charge is 2.12. The molecule has 100 valence electrons. The smallest absolute Gasteiger partial charge is 0.123 e. The predicted octanol–water partition coefficient (Wildman–Crippen LogP) is 4.27. The van der Waals surface area contributed by atoms with E-state index in [1.807, 2.05) is 25.1 Å². The van der Waals surface area contributed by atoms with E-state index in [9.17, 15) is 9.50 Å². The molecule has 0 amide bonds.